The fraction of sp³-hybridized carbons (Fsp3) is 0.0667. The molecule has 21 heavy (non-hydrogen) atoms. The zero-order valence-corrected chi connectivity index (χ0v) is 13.5. The molecule has 0 fully saturated rings. The molecule has 3 aromatic rings. The fourth-order valence-corrected chi connectivity index (χ4v) is 2.81. The summed E-state index contributed by atoms with van der Waals surface area (Å²) in [6, 6.07) is 13.9. The highest BCUT2D eigenvalue weighted by molar-refractivity contribution is 14.1. The van der Waals surface area contributed by atoms with Crippen LogP contribution in [0.4, 0.5) is 4.39 Å². The molecule has 3 nitrogen and oxygen atoms in total. The first kappa shape index (κ1) is 14.5. The van der Waals surface area contributed by atoms with Crippen molar-refractivity contribution in [3.63, 3.8) is 0 Å². The third-order valence-corrected chi connectivity index (χ3v) is 4.24. The summed E-state index contributed by atoms with van der Waals surface area (Å²) >= 11 is 8.37. The maximum Gasteiger partial charge on any atom is 0.248 e. The summed E-state index contributed by atoms with van der Waals surface area (Å²) in [6.45, 7) is 0. The van der Waals surface area contributed by atoms with E-state index in [2.05, 4.69) is 10.2 Å². The molecule has 0 saturated heterocycles. The minimum atomic E-state index is -0.509. The maximum atomic E-state index is 13.1. The lowest BCUT2D eigenvalue weighted by Crippen LogP contribution is -1.92. The summed E-state index contributed by atoms with van der Waals surface area (Å²) in [5, 5.41) is 7.47. The van der Waals surface area contributed by atoms with Crippen molar-refractivity contribution in [2.45, 2.75) is 5.38 Å². The quantitative estimate of drug-likeness (QED) is 0.456. The van der Waals surface area contributed by atoms with Crippen molar-refractivity contribution >= 4 is 34.2 Å². The Morgan fingerprint density at radius 2 is 1.86 bits per heavy atom. The summed E-state index contributed by atoms with van der Waals surface area (Å²) in [5.74, 6) is 0.344. The molecule has 0 N–H and O–H groups in total. The molecule has 0 radical (unpaired) electrons. The second-order valence-electron chi connectivity index (χ2n) is 4.34. The maximum absolute atomic E-state index is 13.1. The molecule has 0 aliphatic carbocycles. The first-order valence-corrected chi connectivity index (χ1v) is 7.64. The van der Waals surface area contributed by atoms with Gasteiger partial charge in [0.15, 0.2) is 0 Å². The number of hydrogen-bond acceptors (Lipinski definition) is 3. The summed E-state index contributed by atoms with van der Waals surface area (Å²) in [6.07, 6.45) is 0. The van der Waals surface area contributed by atoms with Gasteiger partial charge < -0.3 is 4.42 Å². The van der Waals surface area contributed by atoms with E-state index in [0.717, 1.165) is 5.56 Å². The van der Waals surface area contributed by atoms with Gasteiger partial charge in [-0.05, 0) is 46.4 Å². The van der Waals surface area contributed by atoms with E-state index in [1.807, 2.05) is 52.9 Å². The van der Waals surface area contributed by atoms with E-state index in [1.165, 1.54) is 12.1 Å². The van der Waals surface area contributed by atoms with Crippen molar-refractivity contribution in [3.05, 3.63) is 69.4 Å². The topological polar surface area (TPSA) is 38.9 Å². The van der Waals surface area contributed by atoms with Gasteiger partial charge in [0.05, 0.1) is 5.56 Å². The molecule has 1 unspecified atom stereocenters. The average molecular weight is 415 g/mol. The van der Waals surface area contributed by atoms with E-state index < -0.39 is 5.38 Å². The van der Waals surface area contributed by atoms with Gasteiger partial charge in [0, 0.05) is 3.57 Å². The minimum Gasteiger partial charge on any atom is -0.419 e. The van der Waals surface area contributed by atoms with Crippen LogP contribution in [0.15, 0.2) is 52.9 Å². The van der Waals surface area contributed by atoms with Crippen LogP contribution in [0.5, 0.6) is 0 Å². The predicted octanol–water partition coefficient (Wildman–Crippen LogP) is 4.81. The van der Waals surface area contributed by atoms with E-state index in [4.69, 9.17) is 16.0 Å². The van der Waals surface area contributed by atoms with Crippen LogP contribution in [-0.4, -0.2) is 10.2 Å². The number of halogens is 3. The highest BCUT2D eigenvalue weighted by atomic mass is 127. The fourth-order valence-electron chi connectivity index (χ4n) is 1.87. The van der Waals surface area contributed by atoms with Gasteiger partial charge >= 0.3 is 0 Å². The minimum absolute atomic E-state index is 0.303. The molecule has 0 saturated carbocycles. The number of nitrogens with zero attached hydrogens (tertiary/aromatic N) is 2. The molecule has 106 valence electrons. The van der Waals surface area contributed by atoms with Gasteiger partial charge in [-0.2, -0.15) is 0 Å². The number of benzene rings is 2. The smallest absolute Gasteiger partial charge is 0.248 e. The number of aromatic nitrogens is 2. The van der Waals surface area contributed by atoms with Crippen molar-refractivity contribution < 1.29 is 8.81 Å². The van der Waals surface area contributed by atoms with Crippen LogP contribution in [0.1, 0.15) is 16.8 Å². The van der Waals surface area contributed by atoms with Crippen molar-refractivity contribution in [1.82, 2.24) is 10.2 Å². The molecule has 0 aliphatic heterocycles. The van der Waals surface area contributed by atoms with Crippen molar-refractivity contribution in [1.29, 1.82) is 0 Å². The molecule has 0 amide bonds. The molecule has 3 rings (SSSR count). The molecule has 1 atom stereocenters. The van der Waals surface area contributed by atoms with E-state index in [0.29, 0.717) is 20.9 Å². The normalized spacial score (nSPS) is 12.3. The van der Waals surface area contributed by atoms with Gasteiger partial charge in [0.25, 0.3) is 0 Å². The van der Waals surface area contributed by atoms with Crippen molar-refractivity contribution in [2.24, 2.45) is 0 Å². The predicted molar refractivity (Wildman–Crippen MR) is 86.5 cm³/mol. The first-order valence-electron chi connectivity index (χ1n) is 6.13. The van der Waals surface area contributed by atoms with Gasteiger partial charge in [0.2, 0.25) is 11.8 Å². The Labute approximate surface area is 139 Å². The molecular formula is C15H9ClFIN2O. The Morgan fingerprint density at radius 3 is 2.57 bits per heavy atom. The van der Waals surface area contributed by atoms with Crippen LogP contribution >= 0.6 is 34.2 Å². The summed E-state index contributed by atoms with van der Waals surface area (Å²) < 4.78 is 19.5. The van der Waals surface area contributed by atoms with Crippen LogP contribution in [0.2, 0.25) is 0 Å². The highest BCUT2D eigenvalue weighted by Crippen LogP contribution is 2.31. The molecule has 6 heteroatoms. The Balaban J connectivity index is 1.93. The molecule has 0 spiro atoms. The molecular weight excluding hydrogens is 406 g/mol. The van der Waals surface area contributed by atoms with Gasteiger partial charge in [-0.1, -0.05) is 30.3 Å². The zero-order chi connectivity index (χ0) is 14.8. The zero-order valence-electron chi connectivity index (χ0n) is 10.6. The van der Waals surface area contributed by atoms with Crippen LogP contribution < -0.4 is 0 Å². The molecule has 1 aromatic heterocycles. The van der Waals surface area contributed by atoms with Crippen molar-refractivity contribution in [3.8, 4) is 11.5 Å². The number of hydrogen-bond donors (Lipinski definition) is 0. The Kier molecular flexibility index (Phi) is 4.21. The summed E-state index contributed by atoms with van der Waals surface area (Å²) in [4.78, 5) is 0. The standard InChI is InChI=1S/C15H9ClFIN2O/c16-13(9-4-2-1-3-5-9)15-20-19-14(21-15)11-7-6-10(17)8-12(11)18/h1-8,13H. The van der Waals surface area contributed by atoms with Crippen LogP contribution in [-0.2, 0) is 0 Å². The number of rotatable bonds is 3. The van der Waals surface area contributed by atoms with Gasteiger partial charge in [0.1, 0.15) is 11.2 Å². The monoisotopic (exact) mass is 414 g/mol. The molecule has 0 bridgehead atoms. The summed E-state index contributed by atoms with van der Waals surface area (Å²) in [7, 11) is 0. The highest BCUT2D eigenvalue weighted by Gasteiger charge is 2.19. The second-order valence-corrected chi connectivity index (χ2v) is 5.94. The lowest BCUT2D eigenvalue weighted by Gasteiger charge is -2.04. The lowest BCUT2D eigenvalue weighted by atomic mass is 10.1. The Bertz CT molecular complexity index is 763. The van der Waals surface area contributed by atoms with E-state index in [9.17, 15) is 4.39 Å². The second kappa shape index (κ2) is 6.11. The van der Waals surface area contributed by atoms with Gasteiger partial charge in [-0.3, -0.25) is 0 Å². The molecule has 2 aromatic carbocycles. The third kappa shape index (κ3) is 3.08. The molecule has 0 aliphatic rings. The van der Waals surface area contributed by atoms with Crippen LogP contribution in [0.25, 0.3) is 11.5 Å². The van der Waals surface area contributed by atoms with Gasteiger partial charge in [-0.15, -0.1) is 21.8 Å². The molecule has 1 heterocycles. The SMILES string of the molecule is Fc1ccc(-c2nnc(C(Cl)c3ccccc3)o2)c(I)c1. The van der Waals surface area contributed by atoms with E-state index in [1.54, 1.807) is 6.07 Å². The van der Waals surface area contributed by atoms with Crippen LogP contribution in [0.3, 0.4) is 0 Å². The Hall–Kier alpha value is -1.47. The van der Waals surface area contributed by atoms with Crippen LogP contribution in [0, 0.1) is 9.39 Å². The van der Waals surface area contributed by atoms with E-state index in [-0.39, 0.29) is 5.82 Å². The number of alkyl halides is 1. The largest absolute Gasteiger partial charge is 0.419 e. The summed E-state index contributed by atoms with van der Waals surface area (Å²) in [5.41, 5.74) is 1.57. The average Bonchev–Trinajstić information content (AvgIpc) is 2.97. The Morgan fingerprint density at radius 1 is 1.10 bits per heavy atom. The third-order valence-electron chi connectivity index (χ3n) is 2.91. The van der Waals surface area contributed by atoms with Gasteiger partial charge in [-0.25, -0.2) is 4.39 Å². The lowest BCUT2D eigenvalue weighted by molar-refractivity contribution is 0.512. The van der Waals surface area contributed by atoms with E-state index >= 15 is 0 Å². The first-order chi connectivity index (χ1) is 10.1. The van der Waals surface area contributed by atoms with Crippen molar-refractivity contribution in [2.75, 3.05) is 0 Å².